The zero-order valence-corrected chi connectivity index (χ0v) is 14.1. The van der Waals surface area contributed by atoms with Crippen LogP contribution in [-0.4, -0.2) is 53.3 Å². The summed E-state index contributed by atoms with van der Waals surface area (Å²) in [5.74, 6) is -1.52. The molecule has 3 aliphatic rings. The van der Waals surface area contributed by atoms with Gasteiger partial charge in [-0.05, 0) is 25.0 Å². The van der Waals surface area contributed by atoms with E-state index in [0.717, 1.165) is 0 Å². The lowest BCUT2D eigenvalue weighted by molar-refractivity contribution is -0.153. The van der Waals surface area contributed by atoms with Crippen LogP contribution in [0.4, 0.5) is 4.39 Å². The van der Waals surface area contributed by atoms with Crippen LogP contribution in [0.15, 0.2) is 36.4 Å². The number of hydrogen-bond donors (Lipinski definition) is 0. The molecule has 26 heavy (non-hydrogen) atoms. The summed E-state index contributed by atoms with van der Waals surface area (Å²) in [6.07, 6.45) is 5.12. The Hall–Kier alpha value is -2.70. The van der Waals surface area contributed by atoms with Gasteiger partial charge >= 0.3 is 0 Å². The minimum Gasteiger partial charge on any atom is -0.481 e. The van der Waals surface area contributed by atoms with E-state index >= 15 is 0 Å². The molecule has 4 rings (SSSR count). The van der Waals surface area contributed by atoms with Gasteiger partial charge in [0.1, 0.15) is 0 Å². The molecule has 7 heteroatoms. The first-order chi connectivity index (χ1) is 12.6. The van der Waals surface area contributed by atoms with E-state index in [-0.39, 0.29) is 48.0 Å². The highest BCUT2D eigenvalue weighted by molar-refractivity contribution is 6.06. The molecule has 0 N–H and O–H groups in total. The van der Waals surface area contributed by atoms with Crippen molar-refractivity contribution in [3.8, 4) is 5.75 Å². The summed E-state index contributed by atoms with van der Waals surface area (Å²) >= 11 is 0. The predicted octanol–water partition coefficient (Wildman–Crippen LogP) is 1.37. The van der Waals surface area contributed by atoms with E-state index in [0.29, 0.717) is 25.9 Å². The number of carbonyl (C=O) groups excluding carboxylic acids is 3. The Balaban J connectivity index is 1.31. The number of imide groups is 1. The van der Waals surface area contributed by atoms with Crippen LogP contribution < -0.4 is 4.74 Å². The SMILES string of the molecule is O=C(COc1ccccc1F)N1CC(N2C(=O)C3CC=CCC3C2=O)C1. The van der Waals surface area contributed by atoms with Gasteiger partial charge in [-0.25, -0.2) is 4.39 Å². The molecule has 136 valence electrons. The molecule has 2 unspecified atom stereocenters. The molecule has 2 fully saturated rings. The van der Waals surface area contributed by atoms with Gasteiger partial charge in [0.05, 0.1) is 17.9 Å². The minimum atomic E-state index is -0.522. The number of hydrogen-bond acceptors (Lipinski definition) is 4. The average molecular weight is 358 g/mol. The van der Waals surface area contributed by atoms with Gasteiger partial charge < -0.3 is 9.64 Å². The van der Waals surface area contributed by atoms with E-state index in [4.69, 9.17) is 4.74 Å². The van der Waals surface area contributed by atoms with E-state index in [2.05, 4.69) is 0 Å². The number of benzene rings is 1. The van der Waals surface area contributed by atoms with E-state index in [1.54, 1.807) is 12.1 Å². The third-order valence-corrected chi connectivity index (χ3v) is 5.31. The van der Waals surface area contributed by atoms with Crippen molar-refractivity contribution in [3.05, 3.63) is 42.2 Å². The maximum atomic E-state index is 13.5. The first-order valence-corrected chi connectivity index (χ1v) is 8.73. The number of para-hydroxylation sites is 1. The predicted molar refractivity (Wildman–Crippen MR) is 89.5 cm³/mol. The Morgan fingerprint density at radius 2 is 1.69 bits per heavy atom. The number of rotatable bonds is 4. The van der Waals surface area contributed by atoms with Crippen molar-refractivity contribution in [1.82, 2.24) is 9.80 Å². The summed E-state index contributed by atoms with van der Waals surface area (Å²) in [5.41, 5.74) is 0. The maximum Gasteiger partial charge on any atom is 0.260 e. The third kappa shape index (κ3) is 2.77. The molecule has 0 bridgehead atoms. The van der Waals surface area contributed by atoms with E-state index in [1.807, 2.05) is 12.2 Å². The highest BCUT2D eigenvalue weighted by Gasteiger charge is 2.52. The second-order valence-corrected chi connectivity index (χ2v) is 6.87. The molecule has 6 nitrogen and oxygen atoms in total. The molecular formula is C19H19FN2O4. The lowest BCUT2D eigenvalue weighted by Crippen LogP contribution is -2.63. The van der Waals surface area contributed by atoms with Gasteiger partial charge in [-0.2, -0.15) is 0 Å². The van der Waals surface area contributed by atoms with Crippen molar-refractivity contribution in [2.24, 2.45) is 11.8 Å². The van der Waals surface area contributed by atoms with Crippen LogP contribution in [0.2, 0.25) is 0 Å². The van der Waals surface area contributed by atoms with Crippen molar-refractivity contribution in [2.75, 3.05) is 19.7 Å². The maximum absolute atomic E-state index is 13.5. The van der Waals surface area contributed by atoms with Crippen molar-refractivity contribution in [2.45, 2.75) is 18.9 Å². The molecule has 1 aromatic rings. The molecule has 0 spiro atoms. The second kappa shape index (κ2) is 6.55. The summed E-state index contributed by atoms with van der Waals surface area (Å²) in [4.78, 5) is 40.1. The van der Waals surface area contributed by atoms with Crippen LogP contribution in [0, 0.1) is 17.7 Å². The summed E-state index contributed by atoms with van der Waals surface area (Å²) in [6.45, 7) is 0.346. The molecular weight excluding hydrogens is 339 g/mol. The number of ether oxygens (including phenoxy) is 1. The summed E-state index contributed by atoms with van der Waals surface area (Å²) in [6, 6.07) is 5.62. The van der Waals surface area contributed by atoms with Gasteiger partial charge in [-0.1, -0.05) is 24.3 Å². The fraction of sp³-hybridized carbons (Fsp3) is 0.421. The van der Waals surface area contributed by atoms with Crippen molar-refractivity contribution in [1.29, 1.82) is 0 Å². The number of likely N-dealkylation sites (tertiary alicyclic amines) is 2. The van der Waals surface area contributed by atoms with Gasteiger partial charge in [0.25, 0.3) is 5.91 Å². The monoisotopic (exact) mass is 358 g/mol. The third-order valence-electron chi connectivity index (χ3n) is 5.31. The quantitative estimate of drug-likeness (QED) is 0.602. The zero-order chi connectivity index (χ0) is 18.3. The number of halogens is 1. The summed E-state index contributed by atoms with van der Waals surface area (Å²) < 4.78 is 18.7. The molecule has 0 radical (unpaired) electrons. The van der Waals surface area contributed by atoms with Gasteiger partial charge in [-0.15, -0.1) is 0 Å². The average Bonchev–Trinajstić information content (AvgIpc) is 2.85. The molecule has 1 aromatic carbocycles. The Labute approximate surface area is 150 Å². The molecule has 2 aliphatic heterocycles. The standard InChI is InChI=1S/C19H19FN2O4/c20-15-7-3-4-8-16(15)26-11-17(23)21-9-12(10-21)22-18(24)13-5-1-2-6-14(13)19(22)25/h1-4,7-8,12-14H,5-6,9-11H2. The summed E-state index contributed by atoms with van der Waals surface area (Å²) in [7, 11) is 0. The largest absolute Gasteiger partial charge is 0.481 e. The first kappa shape index (κ1) is 16.8. The van der Waals surface area contributed by atoms with Crippen LogP contribution in [0.1, 0.15) is 12.8 Å². The number of nitrogens with zero attached hydrogens (tertiary/aromatic N) is 2. The van der Waals surface area contributed by atoms with Gasteiger partial charge in [0, 0.05) is 13.1 Å². The fourth-order valence-electron chi connectivity index (χ4n) is 3.80. The fourth-order valence-corrected chi connectivity index (χ4v) is 3.80. The minimum absolute atomic E-state index is 0.0272. The van der Waals surface area contributed by atoms with Crippen LogP contribution in [0.3, 0.4) is 0 Å². The van der Waals surface area contributed by atoms with Crippen molar-refractivity contribution >= 4 is 17.7 Å². The van der Waals surface area contributed by atoms with Crippen LogP contribution in [0.5, 0.6) is 5.75 Å². The van der Waals surface area contributed by atoms with E-state index in [9.17, 15) is 18.8 Å². The Morgan fingerprint density at radius 3 is 2.31 bits per heavy atom. The molecule has 3 amide bonds. The number of carbonyl (C=O) groups is 3. The normalized spacial score (nSPS) is 25.3. The Kier molecular flexibility index (Phi) is 4.22. The Bertz CT molecular complexity index is 761. The molecule has 0 aromatic heterocycles. The highest BCUT2D eigenvalue weighted by Crippen LogP contribution is 2.37. The number of fused-ring (bicyclic) bond motifs is 1. The van der Waals surface area contributed by atoms with Crippen molar-refractivity contribution < 1.29 is 23.5 Å². The van der Waals surface area contributed by atoms with Gasteiger partial charge in [-0.3, -0.25) is 19.3 Å². The van der Waals surface area contributed by atoms with E-state index < -0.39 is 5.82 Å². The van der Waals surface area contributed by atoms with Gasteiger partial charge in [0.15, 0.2) is 18.2 Å². The highest BCUT2D eigenvalue weighted by atomic mass is 19.1. The topological polar surface area (TPSA) is 66.9 Å². The zero-order valence-electron chi connectivity index (χ0n) is 14.1. The van der Waals surface area contributed by atoms with Crippen molar-refractivity contribution in [3.63, 3.8) is 0 Å². The molecule has 0 saturated carbocycles. The second-order valence-electron chi connectivity index (χ2n) is 6.87. The van der Waals surface area contributed by atoms with Crippen LogP contribution >= 0.6 is 0 Å². The summed E-state index contributed by atoms with van der Waals surface area (Å²) in [5, 5.41) is 0. The lowest BCUT2D eigenvalue weighted by atomic mass is 9.85. The van der Waals surface area contributed by atoms with Crippen LogP contribution in [-0.2, 0) is 14.4 Å². The van der Waals surface area contributed by atoms with E-state index in [1.165, 1.54) is 21.9 Å². The molecule has 2 atom stereocenters. The molecule has 2 saturated heterocycles. The lowest BCUT2D eigenvalue weighted by Gasteiger charge is -2.43. The van der Waals surface area contributed by atoms with Crippen LogP contribution in [0.25, 0.3) is 0 Å². The smallest absolute Gasteiger partial charge is 0.260 e. The van der Waals surface area contributed by atoms with Gasteiger partial charge in [0.2, 0.25) is 11.8 Å². The Morgan fingerprint density at radius 1 is 1.08 bits per heavy atom. The molecule has 1 aliphatic carbocycles. The number of allylic oxidation sites excluding steroid dienone is 2. The number of amides is 3. The molecule has 2 heterocycles. The first-order valence-electron chi connectivity index (χ1n) is 8.73.